The molecule has 0 bridgehead atoms. The number of hydrogen-bond donors (Lipinski definition) is 2. The average Bonchev–Trinajstić information content (AvgIpc) is 3.07. The fourth-order valence-corrected chi connectivity index (χ4v) is 3.69. The minimum Gasteiger partial charge on any atom is -0.350 e. The van der Waals surface area contributed by atoms with Crippen LogP contribution in [0.15, 0.2) is 47.1 Å². The van der Waals surface area contributed by atoms with Crippen molar-refractivity contribution in [2.45, 2.75) is 18.9 Å². The standard InChI is InChI=1S/C17H20BrN3O/c1-20-9-3-7-15(20)16-8-4-10-21(16)12-17(22)19-14-6-2-5-13(18)11-14/h2-3,5-7,9,11,16H,4,8,10,12H2,1H3,(H,19,22)/p+1/t16-/m1/s1. The highest BCUT2D eigenvalue weighted by Gasteiger charge is 2.32. The second-order valence-corrected chi connectivity index (χ2v) is 6.80. The molecule has 1 aromatic carbocycles. The number of aromatic nitrogens is 1. The Morgan fingerprint density at radius 1 is 1.41 bits per heavy atom. The quantitative estimate of drug-likeness (QED) is 0.859. The maximum atomic E-state index is 12.3. The highest BCUT2D eigenvalue weighted by atomic mass is 79.9. The van der Waals surface area contributed by atoms with Crippen LogP contribution in [0.3, 0.4) is 0 Å². The molecule has 5 heteroatoms. The Bertz CT molecular complexity index is 667. The third-order valence-corrected chi connectivity index (χ3v) is 4.81. The van der Waals surface area contributed by atoms with Gasteiger partial charge in [-0.2, -0.15) is 0 Å². The number of hydrogen-bond acceptors (Lipinski definition) is 1. The van der Waals surface area contributed by atoms with Gasteiger partial charge >= 0.3 is 0 Å². The molecule has 1 aliphatic heterocycles. The SMILES string of the molecule is Cn1cccc1[C@H]1CCC[NH+]1CC(=O)Nc1cccc(Br)c1. The summed E-state index contributed by atoms with van der Waals surface area (Å²) in [5.74, 6) is 0.0780. The largest absolute Gasteiger partial charge is 0.350 e. The lowest BCUT2D eigenvalue weighted by Gasteiger charge is -2.21. The van der Waals surface area contributed by atoms with Crippen molar-refractivity contribution in [1.29, 1.82) is 0 Å². The first-order chi connectivity index (χ1) is 10.6. The van der Waals surface area contributed by atoms with Crippen molar-refractivity contribution in [3.05, 3.63) is 52.8 Å². The molecule has 2 aromatic rings. The molecule has 0 aliphatic carbocycles. The molecule has 22 heavy (non-hydrogen) atoms. The van der Waals surface area contributed by atoms with Crippen molar-refractivity contribution < 1.29 is 9.69 Å². The van der Waals surface area contributed by atoms with Crippen LogP contribution in [-0.4, -0.2) is 23.6 Å². The summed E-state index contributed by atoms with van der Waals surface area (Å²) in [5, 5.41) is 2.99. The Hall–Kier alpha value is -1.59. The van der Waals surface area contributed by atoms with E-state index in [1.165, 1.54) is 17.0 Å². The summed E-state index contributed by atoms with van der Waals surface area (Å²) in [6, 6.07) is 12.4. The van der Waals surface area contributed by atoms with Crippen LogP contribution in [0.4, 0.5) is 5.69 Å². The molecule has 0 saturated carbocycles. The summed E-state index contributed by atoms with van der Waals surface area (Å²) in [6.45, 7) is 1.57. The van der Waals surface area contributed by atoms with Gasteiger partial charge in [-0.15, -0.1) is 0 Å². The Labute approximate surface area is 139 Å². The van der Waals surface area contributed by atoms with Gasteiger partial charge in [0.1, 0.15) is 6.04 Å². The van der Waals surface area contributed by atoms with Crippen LogP contribution in [0.2, 0.25) is 0 Å². The van der Waals surface area contributed by atoms with E-state index in [4.69, 9.17) is 0 Å². The maximum Gasteiger partial charge on any atom is 0.279 e. The molecule has 2 N–H and O–H groups in total. The van der Waals surface area contributed by atoms with E-state index in [0.29, 0.717) is 12.6 Å². The first-order valence-corrected chi connectivity index (χ1v) is 8.44. The van der Waals surface area contributed by atoms with Gasteiger partial charge in [-0.05, 0) is 30.3 Å². The van der Waals surface area contributed by atoms with Gasteiger partial charge < -0.3 is 14.8 Å². The van der Waals surface area contributed by atoms with Crippen LogP contribution < -0.4 is 10.2 Å². The van der Waals surface area contributed by atoms with Gasteiger partial charge in [0, 0.05) is 36.2 Å². The number of nitrogens with one attached hydrogen (secondary N) is 2. The van der Waals surface area contributed by atoms with E-state index in [1.807, 2.05) is 24.3 Å². The van der Waals surface area contributed by atoms with Crippen LogP contribution in [0, 0.1) is 0 Å². The smallest absolute Gasteiger partial charge is 0.279 e. The van der Waals surface area contributed by atoms with Gasteiger partial charge in [-0.25, -0.2) is 0 Å². The van der Waals surface area contributed by atoms with Gasteiger partial charge in [0.05, 0.1) is 12.2 Å². The molecule has 1 saturated heterocycles. The number of likely N-dealkylation sites (tertiary alicyclic amines) is 1. The number of quaternary nitrogens is 1. The number of rotatable bonds is 4. The number of halogens is 1. The summed E-state index contributed by atoms with van der Waals surface area (Å²) in [7, 11) is 2.08. The molecule has 1 aromatic heterocycles. The van der Waals surface area contributed by atoms with E-state index in [9.17, 15) is 4.79 Å². The molecule has 3 rings (SSSR count). The Kier molecular flexibility index (Phi) is 4.64. The maximum absolute atomic E-state index is 12.3. The van der Waals surface area contributed by atoms with E-state index in [1.54, 1.807) is 0 Å². The Morgan fingerprint density at radius 2 is 2.27 bits per heavy atom. The fraction of sp³-hybridized carbons (Fsp3) is 0.353. The second-order valence-electron chi connectivity index (χ2n) is 5.88. The van der Waals surface area contributed by atoms with Crippen LogP contribution >= 0.6 is 15.9 Å². The molecule has 1 aliphatic rings. The van der Waals surface area contributed by atoms with E-state index in [0.717, 1.165) is 23.1 Å². The molecule has 0 radical (unpaired) electrons. The highest BCUT2D eigenvalue weighted by Crippen LogP contribution is 2.19. The lowest BCUT2D eigenvalue weighted by molar-refractivity contribution is -0.910. The molecule has 1 amide bonds. The van der Waals surface area contributed by atoms with Gasteiger partial charge in [0.25, 0.3) is 5.91 Å². The van der Waals surface area contributed by atoms with Crippen molar-refractivity contribution in [2.75, 3.05) is 18.4 Å². The Morgan fingerprint density at radius 3 is 3.00 bits per heavy atom. The predicted molar refractivity (Wildman–Crippen MR) is 90.9 cm³/mol. The summed E-state index contributed by atoms with van der Waals surface area (Å²) >= 11 is 3.42. The van der Waals surface area contributed by atoms with E-state index >= 15 is 0 Å². The highest BCUT2D eigenvalue weighted by molar-refractivity contribution is 9.10. The third kappa shape index (κ3) is 3.42. The van der Waals surface area contributed by atoms with Crippen molar-refractivity contribution in [3.8, 4) is 0 Å². The molecule has 2 atom stereocenters. The molecule has 2 heterocycles. The molecular formula is C17H21BrN3O+. The lowest BCUT2D eigenvalue weighted by atomic mass is 10.1. The Balaban J connectivity index is 1.64. The normalized spacial score (nSPS) is 21.0. The summed E-state index contributed by atoms with van der Waals surface area (Å²) in [6.07, 6.45) is 4.40. The van der Waals surface area contributed by atoms with Crippen molar-refractivity contribution in [1.82, 2.24) is 4.57 Å². The lowest BCUT2D eigenvalue weighted by Crippen LogP contribution is -3.11. The monoisotopic (exact) mass is 362 g/mol. The number of nitrogens with zero attached hydrogens (tertiary/aromatic N) is 1. The van der Waals surface area contributed by atoms with Crippen LogP contribution in [-0.2, 0) is 11.8 Å². The first kappa shape index (κ1) is 15.3. The van der Waals surface area contributed by atoms with Gasteiger partial charge in [0.2, 0.25) is 0 Å². The number of amides is 1. The summed E-state index contributed by atoms with van der Waals surface area (Å²) < 4.78 is 3.14. The van der Waals surface area contributed by atoms with Gasteiger partial charge in [0.15, 0.2) is 6.54 Å². The number of aryl methyl sites for hydroxylation is 1. The summed E-state index contributed by atoms with van der Waals surface area (Å²) in [4.78, 5) is 13.7. The van der Waals surface area contributed by atoms with Crippen molar-refractivity contribution >= 4 is 27.5 Å². The molecule has 116 valence electrons. The van der Waals surface area contributed by atoms with Crippen molar-refractivity contribution in [2.24, 2.45) is 7.05 Å². The van der Waals surface area contributed by atoms with Crippen molar-refractivity contribution in [3.63, 3.8) is 0 Å². The zero-order valence-corrected chi connectivity index (χ0v) is 14.3. The molecular weight excluding hydrogens is 342 g/mol. The van der Waals surface area contributed by atoms with Gasteiger partial charge in [-0.1, -0.05) is 22.0 Å². The second kappa shape index (κ2) is 6.67. The minimum absolute atomic E-state index is 0.0780. The minimum atomic E-state index is 0.0780. The zero-order chi connectivity index (χ0) is 15.5. The van der Waals surface area contributed by atoms with Gasteiger partial charge in [-0.3, -0.25) is 4.79 Å². The number of benzene rings is 1. The zero-order valence-electron chi connectivity index (χ0n) is 12.7. The van der Waals surface area contributed by atoms with Crippen LogP contribution in [0.25, 0.3) is 0 Å². The first-order valence-electron chi connectivity index (χ1n) is 7.65. The predicted octanol–water partition coefficient (Wildman–Crippen LogP) is 2.15. The fourth-order valence-electron chi connectivity index (χ4n) is 3.29. The van der Waals surface area contributed by atoms with Crippen LogP contribution in [0.5, 0.6) is 0 Å². The number of carbonyl (C=O) groups is 1. The van der Waals surface area contributed by atoms with Crippen LogP contribution in [0.1, 0.15) is 24.6 Å². The molecule has 1 unspecified atom stereocenters. The number of carbonyl (C=O) groups excluding carboxylic acids is 1. The molecule has 0 spiro atoms. The average molecular weight is 363 g/mol. The third-order valence-electron chi connectivity index (χ3n) is 4.32. The van der Waals surface area contributed by atoms with E-state index in [2.05, 4.69) is 51.2 Å². The molecule has 4 nitrogen and oxygen atoms in total. The molecule has 1 fully saturated rings. The van der Waals surface area contributed by atoms with E-state index in [-0.39, 0.29) is 5.91 Å². The summed E-state index contributed by atoms with van der Waals surface area (Å²) in [5.41, 5.74) is 2.16. The number of anilines is 1. The van der Waals surface area contributed by atoms with E-state index < -0.39 is 0 Å². The topological polar surface area (TPSA) is 38.5 Å².